The molecule has 3 fully saturated rings. The predicted molar refractivity (Wildman–Crippen MR) is 70.8 cm³/mol. The van der Waals surface area contributed by atoms with Gasteiger partial charge < -0.3 is 14.8 Å². The molecule has 0 aromatic rings. The summed E-state index contributed by atoms with van der Waals surface area (Å²) in [6, 6.07) is 0. The topological polar surface area (TPSA) is 33.7 Å². The molecule has 0 saturated carbocycles. The Morgan fingerprint density at radius 3 is 2.61 bits per heavy atom. The third kappa shape index (κ3) is 3.05. The SMILES string of the molecule is C1CC(OCCN2CC3(CCOCC3)C2)CCN1. The van der Waals surface area contributed by atoms with Crippen LogP contribution < -0.4 is 5.32 Å². The molecule has 3 aliphatic rings. The van der Waals surface area contributed by atoms with Crippen LogP contribution in [0.15, 0.2) is 0 Å². The molecule has 1 N–H and O–H groups in total. The van der Waals surface area contributed by atoms with Crippen molar-refractivity contribution in [1.82, 2.24) is 10.2 Å². The van der Waals surface area contributed by atoms with E-state index in [0.717, 1.165) is 39.5 Å². The average molecular weight is 254 g/mol. The van der Waals surface area contributed by atoms with E-state index in [2.05, 4.69) is 10.2 Å². The standard InChI is InChI=1S/C14H26N2O2/c1-5-15-6-2-13(1)18-10-7-16-11-14(12-16)3-8-17-9-4-14/h13,15H,1-12H2. The van der Waals surface area contributed by atoms with E-state index in [1.54, 1.807) is 0 Å². The number of nitrogens with zero attached hydrogens (tertiary/aromatic N) is 1. The Kier molecular flexibility index (Phi) is 4.19. The molecule has 4 nitrogen and oxygen atoms in total. The molecule has 3 heterocycles. The molecule has 0 aliphatic carbocycles. The van der Waals surface area contributed by atoms with Crippen molar-refractivity contribution in [3.8, 4) is 0 Å². The molecule has 0 radical (unpaired) electrons. The first kappa shape index (κ1) is 12.9. The van der Waals surface area contributed by atoms with Gasteiger partial charge in [-0.3, -0.25) is 4.90 Å². The van der Waals surface area contributed by atoms with E-state index in [4.69, 9.17) is 9.47 Å². The summed E-state index contributed by atoms with van der Waals surface area (Å²) in [6.07, 6.45) is 5.39. The Morgan fingerprint density at radius 2 is 1.89 bits per heavy atom. The number of hydrogen-bond acceptors (Lipinski definition) is 4. The van der Waals surface area contributed by atoms with Gasteiger partial charge in [0.15, 0.2) is 0 Å². The lowest BCUT2D eigenvalue weighted by Crippen LogP contribution is -2.59. The lowest BCUT2D eigenvalue weighted by atomic mass is 9.73. The molecule has 3 rings (SSSR count). The highest BCUT2D eigenvalue weighted by molar-refractivity contribution is 4.95. The Labute approximate surface area is 110 Å². The van der Waals surface area contributed by atoms with Crippen molar-refractivity contribution in [3.05, 3.63) is 0 Å². The molecule has 3 aliphatic heterocycles. The third-order valence-electron chi connectivity index (χ3n) is 4.72. The van der Waals surface area contributed by atoms with E-state index in [-0.39, 0.29) is 0 Å². The van der Waals surface area contributed by atoms with Gasteiger partial charge in [0.2, 0.25) is 0 Å². The van der Waals surface area contributed by atoms with Crippen LogP contribution in [0.2, 0.25) is 0 Å². The lowest BCUT2D eigenvalue weighted by molar-refractivity contribution is -0.0912. The maximum Gasteiger partial charge on any atom is 0.0600 e. The van der Waals surface area contributed by atoms with Gasteiger partial charge in [0, 0.05) is 38.3 Å². The van der Waals surface area contributed by atoms with Gasteiger partial charge in [-0.25, -0.2) is 0 Å². The molecular weight excluding hydrogens is 228 g/mol. The van der Waals surface area contributed by atoms with Crippen LogP contribution in [0, 0.1) is 5.41 Å². The monoisotopic (exact) mass is 254 g/mol. The molecule has 104 valence electrons. The van der Waals surface area contributed by atoms with Gasteiger partial charge in [-0.05, 0) is 38.8 Å². The second-order valence-electron chi connectivity index (χ2n) is 6.14. The van der Waals surface area contributed by atoms with Gasteiger partial charge in [-0.15, -0.1) is 0 Å². The van der Waals surface area contributed by atoms with Crippen molar-refractivity contribution in [2.24, 2.45) is 5.41 Å². The molecule has 0 aromatic carbocycles. The average Bonchev–Trinajstić information content (AvgIpc) is 2.39. The summed E-state index contributed by atoms with van der Waals surface area (Å²) >= 11 is 0. The minimum absolute atomic E-state index is 0.504. The molecular formula is C14H26N2O2. The summed E-state index contributed by atoms with van der Waals surface area (Å²) in [5, 5.41) is 3.37. The summed E-state index contributed by atoms with van der Waals surface area (Å²) in [5.74, 6) is 0. The molecule has 0 unspecified atom stereocenters. The minimum Gasteiger partial charge on any atom is -0.381 e. The van der Waals surface area contributed by atoms with Crippen LogP contribution in [-0.2, 0) is 9.47 Å². The van der Waals surface area contributed by atoms with E-state index in [9.17, 15) is 0 Å². The summed E-state index contributed by atoms with van der Waals surface area (Å²) in [7, 11) is 0. The predicted octanol–water partition coefficient (Wildman–Crippen LogP) is 0.867. The molecule has 18 heavy (non-hydrogen) atoms. The fourth-order valence-electron chi connectivity index (χ4n) is 3.49. The maximum absolute atomic E-state index is 5.96. The Hall–Kier alpha value is -0.160. The van der Waals surface area contributed by atoms with E-state index < -0.39 is 0 Å². The van der Waals surface area contributed by atoms with Crippen LogP contribution in [-0.4, -0.2) is 63.5 Å². The van der Waals surface area contributed by atoms with Crippen molar-refractivity contribution in [2.75, 3.05) is 52.5 Å². The van der Waals surface area contributed by atoms with Crippen LogP contribution in [0.3, 0.4) is 0 Å². The maximum atomic E-state index is 5.96. The zero-order valence-corrected chi connectivity index (χ0v) is 11.3. The number of nitrogens with one attached hydrogen (secondary N) is 1. The van der Waals surface area contributed by atoms with Crippen LogP contribution in [0.1, 0.15) is 25.7 Å². The zero-order valence-electron chi connectivity index (χ0n) is 11.3. The number of piperidine rings is 1. The van der Waals surface area contributed by atoms with E-state index >= 15 is 0 Å². The Morgan fingerprint density at radius 1 is 1.17 bits per heavy atom. The number of rotatable bonds is 4. The first-order chi connectivity index (χ1) is 8.86. The van der Waals surface area contributed by atoms with Gasteiger partial charge in [0.25, 0.3) is 0 Å². The largest absolute Gasteiger partial charge is 0.381 e. The van der Waals surface area contributed by atoms with Crippen molar-refractivity contribution < 1.29 is 9.47 Å². The summed E-state index contributed by atoms with van der Waals surface area (Å²) in [6.45, 7) is 8.76. The van der Waals surface area contributed by atoms with E-state index in [1.165, 1.54) is 38.8 Å². The van der Waals surface area contributed by atoms with Gasteiger partial charge in [-0.1, -0.05) is 0 Å². The minimum atomic E-state index is 0.504. The number of hydrogen-bond donors (Lipinski definition) is 1. The Balaban J connectivity index is 1.29. The van der Waals surface area contributed by atoms with Crippen LogP contribution in [0.25, 0.3) is 0 Å². The first-order valence-electron chi connectivity index (χ1n) is 7.49. The highest BCUT2D eigenvalue weighted by atomic mass is 16.5. The van der Waals surface area contributed by atoms with E-state index in [1.807, 2.05) is 0 Å². The molecule has 0 bridgehead atoms. The highest BCUT2D eigenvalue weighted by Crippen LogP contribution is 2.39. The van der Waals surface area contributed by atoms with Gasteiger partial charge in [0.1, 0.15) is 0 Å². The zero-order chi connectivity index (χ0) is 12.3. The van der Waals surface area contributed by atoms with Gasteiger partial charge in [-0.2, -0.15) is 0 Å². The number of likely N-dealkylation sites (tertiary alicyclic amines) is 1. The number of ether oxygens (including phenoxy) is 2. The Bertz CT molecular complexity index is 253. The normalized spacial score (nSPS) is 29.3. The second-order valence-corrected chi connectivity index (χ2v) is 6.14. The van der Waals surface area contributed by atoms with Gasteiger partial charge in [0.05, 0.1) is 12.7 Å². The fraction of sp³-hybridized carbons (Fsp3) is 1.00. The van der Waals surface area contributed by atoms with Crippen LogP contribution in [0.5, 0.6) is 0 Å². The molecule has 4 heteroatoms. The van der Waals surface area contributed by atoms with Crippen molar-refractivity contribution in [1.29, 1.82) is 0 Å². The van der Waals surface area contributed by atoms with Crippen molar-refractivity contribution >= 4 is 0 Å². The molecule has 0 atom stereocenters. The van der Waals surface area contributed by atoms with Crippen LogP contribution >= 0.6 is 0 Å². The third-order valence-corrected chi connectivity index (χ3v) is 4.72. The molecule has 1 spiro atoms. The second kappa shape index (κ2) is 5.87. The smallest absolute Gasteiger partial charge is 0.0600 e. The summed E-state index contributed by atoms with van der Waals surface area (Å²) in [5.41, 5.74) is 0.604. The van der Waals surface area contributed by atoms with Crippen LogP contribution in [0.4, 0.5) is 0 Å². The molecule has 0 amide bonds. The van der Waals surface area contributed by atoms with Crippen molar-refractivity contribution in [3.63, 3.8) is 0 Å². The lowest BCUT2D eigenvalue weighted by Gasteiger charge is -2.52. The van der Waals surface area contributed by atoms with Gasteiger partial charge >= 0.3 is 0 Å². The molecule has 3 saturated heterocycles. The summed E-state index contributed by atoms with van der Waals surface area (Å²) < 4.78 is 11.4. The quantitative estimate of drug-likeness (QED) is 0.807. The first-order valence-corrected chi connectivity index (χ1v) is 7.49. The van der Waals surface area contributed by atoms with E-state index in [0.29, 0.717) is 11.5 Å². The van der Waals surface area contributed by atoms with Crippen molar-refractivity contribution in [2.45, 2.75) is 31.8 Å². The highest BCUT2D eigenvalue weighted by Gasteiger charge is 2.43. The fourth-order valence-corrected chi connectivity index (χ4v) is 3.49. The summed E-state index contributed by atoms with van der Waals surface area (Å²) in [4.78, 5) is 2.55. The molecule has 0 aromatic heterocycles.